The number of rotatable bonds is 5. The van der Waals surface area contributed by atoms with Crippen LogP contribution in [0.3, 0.4) is 0 Å². The minimum absolute atomic E-state index is 0.0783. The summed E-state index contributed by atoms with van der Waals surface area (Å²) in [5.74, 6) is 1.33. The molecule has 1 N–H and O–H groups in total. The maximum absolute atomic E-state index is 12.2. The van der Waals surface area contributed by atoms with Crippen LogP contribution in [-0.4, -0.2) is 31.4 Å². The number of aromatic nitrogens is 4. The molecule has 21 heavy (non-hydrogen) atoms. The van der Waals surface area contributed by atoms with Gasteiger partial charge in [0.05, 0.1) is 6.20 Å². The molecule has 0 unspecified atom stereocenters. The Morgan fingerprint density at radius 2 is 2.33 bits per heavy atom. The Morgan fingerprint density at radius 1 is 1.48 bits per heavy atom. The molecule has 0 aliphatic rings. The zero-order chi connectivity index (χ0) is 14.8. The molecule has 3 aromatic heterocycles. The van der Waals surface area contributed by atoms with Crippen molar-refractivity contribution in [1.29, 1.82) is 0 Å². The van der Waals surface area contributed by atoms with E-state index in [2.05, 4.69) is 33.7 Å². The van der Waals surface area contributed by atoms with E-state index in [1.165, 1.54) is 11.3 Å². The fraction of sp³-hybridized carbons (Fsp3) is 0.357. The molecule has 0 radical (unpaired) electrons. The third-order valence-electron chi connectivity index (χ3n) is 3.29. The number of thiazole rings is 1. The second kappa shape index (κ2) is 5.69. The quantitative estimate of drug-likeness (QED) is 0.785. The van der Waals surface area contributed by atoms with Gasteiger partial charge in [-0.05, 0) is 0 Å². The van der Waals surface area contributed by atoms with Gasteiger partial charge in [-0.1, -0.05) is 13.8 Å². The van der Waals surface area contributed by atoms with Gasteiger partial charge in [0.1, 0.15) is 22.7 Å². The van der Waals surface area contributed by atoms with Crippen molar-refractivity contribution in [2.75, 3.05) is 6.54 Å². The summed E-state index contributed by atoms with van der Waals surface area (Å²) in [4.78, 5) is 21.5. The Balaban J connectivity index is 1.62. The Morgan fingerprint density at radius 3 is 3.14 bits per heavy atom. The second-order valence-electron chi connectivity index (χ2n) is 5.11. The molecule has 110 valence electrons. The number of nitrogens with zero attached hydrogens (tertiary/aromatic N) is 4. The van der Waals surface area contributed by atoms with Crippen molar-refractivity contribution in [3.63, 3.8) is 0 Å². The molecule has 1 amide bonds. The Hall–Kier alpha value is -2.15. The largest absolute Gasteiger partial charge is 0.349 e. The minimum Gasteiger partial charge on any atom is -0.349 e. The molecule has 0 saturated carbocycles. The molecular formula is C14H17N5OS. The predicted octanol–water partition coefficient (Wildman–Crippen LogP) is 2.15. The van der Waals surface area contributed by atoms with E-state index in [0.717, 1.165) is 17.2 Å². The summed E-state index contributed by atoms with van der Waals surface area (Å²) >= 11 is 1.51. The van der Waals surface area contributed by atoms with Gasteiger partial charge in [-0.15, -0.1) is 11.3 Å². The third kappa shape index (κ3) is 2.69. The number of amides is 1. The minimum atomic E-state index is -0.0783. The van der Waals surface area contributed by atoms with Crippen LogP contribution in [0.1, 0.15) is 36.1 Å². The molecule has 0 saturated heterocycles. The fourth-order valence-electron chi connectivity index (χ4n) is 2.28. The highest BCUT2D eigenvalue weighted by atomic mass is 32.1. The zero-order valence-electron chi connectivity index (χ0n) is 12.0. The molecule has 0 aliphatic carbocycles. The highest BCUT2D eigenvalue weighted by Crippen LogP contribution is 2.15. The second-order valence-corrected chi connectivity index (χ2v) is 6.00. The smallest absolute Gasteiger partial charge is 0.269 e. The van der Waals surface area contributed by atoms with E-state index in [4.69, 9.17) is 0 Å². The van der Waals surface area contributed by atoms with Crippen LogP contribution in [0.2, 0.25) is 0 Å². The molecule has 0 aromatic carbocycles. The van der Waals surface area contributed by atoms with Crippen LogP contribution in [0.25, 0.3) is 4.83 Å². The number of carbonyl (C=O) groups excluding carboxylic acids is 1. The summed E-state index contributed by atoms with van der Waals surface area (Å²) < 4.78 is 3.88. The summed E-state index contributed by atoms with van der Waals surface area (Å²) in [7, 11) is 0. The van der Waals surface area contributed by atoms with Gasteiger partial charge in [-0.2, -0.15) is 0 Å². The molecular weight excluding hydrogens is 286 g/mol. The molecule has 3 rings (SSSR count). The lowest BCUT2D eigenvalue weighted by Crippen LogP contribution is -2.28. The van der Waals surface area contributed by atoms with Crippen molar-refractivity contribution >= 4 is 22.1 Å². The predicted molar refractivity (Wildman–Crippen MR) is 81.7 cm³/mol. The molecule has 0 bridgehead atoms. The standard InChI is InChI=1S/C14H17N5OS/c1-10(2)13-16-3-5-18(13)6-4-17-14(20)11-8-21-12-7-15-9-19(11)12/h3,5,7-10H,4,6H2,1-2H3,(H,17,20). The number of imidazole rings is 2. The zero-order valence-corrected chi connectivity index (χ0v) is 12.8. The molecule has 3 heterocycles. The summed E-state index contributed by atoms with van der Waals surface area (Å²) in [6.45, 7) is 5.51. The van der Waals surface area contributed by atoms with Gasteiger partial charge in [0, 0.05) is 36.8 Å². The molecule has 0 spiro atoms. The van der Waals surface area contributed by atoms with Crippen LogP contribution in [-0.2, 0) is 6.54 Å². The van der Waals surface area contributed by atoms with Crippen molar-refractivity contribution in [2.45, 2.75) is 26.3 Å². The SMILES string of the molecule is CC(C)c1nccn1CCNC(=O)c1csc2cncn12. The van der Waals surface area contributed by atoms with Gasteiger partial charge >= 0.3 is 0 Å². The first-order chi connectivity index (χ1) is 10.2. The lowest BCUT2D eigenvalue weighted by Gasteiger charge is -2.10. The van der Waals surface area contributed by atoms with E-state index in [1.807, 2.05) is 11.6 Å². The van der Waals surface area contributed by atoms with Gasteiger partial charge in [-0.3, -0.25) is 9.20 Å². The van der Waals surface area contributed by atoms with E-state index in [1.54, 1.807) is 23.1 Å². The van der Waals surface area contributed by atoms with E-state index in [-0.39, 0.29) is 5.91 Å². The summed E-state index contributed by atoms with van der Waals surface area (Å²) in [6.07, 6.45) is 7.15. The van der Waals surface area contributed by atoms with Crippen molar-refractivity contribution < 1.29 is 4.79 Å². The topological polar surface area (TPSA) is 64.2 Å². The molecule has 6 nitrogen and oxygen atoms in total. The van der Waals surface area contributed by atoms with Crippen LogP contribution in [0, 0.1) is 0 Å². The number of nitrogens with one attached hydrogen (secondary N) is 1. The first-order valence-corrected chi connectivity index (χ1v) is 7.73. The van der Waals surface area contributed by atoms with Crippen LogP contribution >= 0.6 is 11.3 Å². The van der Waals surface area contributed by atoms with Crippen LogP contribution in [0.4, 0.5) is 0 Å². The fourth-order valence-corrected chi connectivity index (χ4v) is 3.11. The summed E-state index contributed by atoms with van der Waals surface area (Å²) in [6, 6.07) is 0. The number of fused-ring (bicyclic) bond motifs is 1. The highest BCUT2D eigenvalue weighted by Gasteiger charge is 2.12. The van der Waals surface area contributed by atoms with Crippen molar-refractivity contribution in [1.82, 2.24) is 24.3 Å². The number of hydrogen-bond acceptors (Lipinski definition) is 4. The molecule has 3 aromatic rings. The summed E-state index contributed by atoms with van der Waals surface area (Å²) in [5.41, 5.74) is 0.627. The van der Waals surface area contributed by atoms with Crippen LogP contribution in [0.15, 0.2) is 30.3 Å². The van der Waals surface area contributed by atoms with Gasteiger partial charge in [-0.25, -0.2) is 9.97 Å². The monoisotopic (exact) mass is 303 g/mol. The van der Waals surface area contributed by atoms with Gasteiger partial charge in [0.2, 0.25) is 0 Å². The number of hydrogen-bond donors (Lipinski definition) is 1. The van der Waals surface area contributed by atoms with E-state index in [9.17, 15) is 4.79 Å². The van der Waals surface area contributed by atoms with Crippen LogP contribution < -0.4 is 5.32 Å². The third-order valence-corrected chi connectivity index (χ3v) is 4.18. The first-order valence-electron chi connectivity index (χ1n) is 6.85. The van der Waals surface area contributed by atoms with Crippen molar-refractivity contribution in [3.8, 4) is 0 Å². The van der Waals surface area contributed by atoms with E-state index < -0.39 is 0 Å². The van der Waals surface area contributed by atoms with Crippen molar-refractivity contribution in [2.24, 2.45) is 0 Å². The van der Waals surface area contributed by atoms with Crippen molar-refractivity contribution in [3.05, 3.63) is 41.8 Å². The maximum Gasteiger partial charge on any atom is 0.269 e. The van der Waals surface area contributed by atoms with Gasteiger partial charge < -0.3 is 9.88 Å². The number of carbonyl (C=O) groups is 1. The normalized spacial score (nSPS) is 11.4. The maximum atomic E-state index is 12.2. The molecule has 0 aliphatic heterocycles. The van der Waals surface area contributed by atoms with Crippen LogP contribution in [0.5, 0.6) is 0 Å². The van der Waals surface area contributed by atoms with Gasteiger partial charge in [0.15, 0.2) is 0 Å². The first kappa shape index (κ1) is 13.8. The Labute approximate surface area is 126 Å². The average molecular weight is 303 g/mol. The lowest BCUT2D eigenvalue weighted by atomic mass is 10.2. The Bertz CT molecular complexity index is 754. The Kier molecular flexibility index (Phi) is 3.74. The average Bonchev–Trinajstić information content (AvgIpc) is 3.14. The molecule has 7 heteroatoms. The van der Waals surface area contributed by atoms with Gasteiger partial charge in [0.25, 0.3) is 5.91 Å². The molecule has 0 atom stereocenters. The van der Waals surface area contributed by atoms with E-state index in [0.29, 0.717) is 18.2 Å². The lowest BCUT2D eigenvalue weighted by molar-refractivity contribution is 0.0946. The highest BCUT2D eigenvalue weighted by molar-refractivity contribution is 7.15. The molecule has 0 fully saturated rings. The summed E-state index contributed by atoms with van der Waals surface area (Å²) in [5, 5.41) is 4.79. The van der Waals surface area contributed by atoms with E-state index >= 15 is 0 Å².